The summed E-state index contributed by atoms with van der Waals surface area (Å²) in [5, 5.41) is 0. The van der Waals surface area contributed by atoms with E-state index in [4.69, 9.17) is 15.4 Å². The fourth-order valence-corrected chi connectivity index (χ4v) is 4.14. The van der Waals surface area contributed by atoms with Crippen molar-refractivity contribution in [2.45, 2.75) is 11.3 Å². The lowest BCUT2D eigenvalue weighted by Gasteiger charge is -2.11. The molecule has 0 saturated heterocycles. The average molecular weight is 456 g/mol. The van der Waals surface area contributed by atoms with Crippen LogP contribution in [-0.4, -0.2) is 20.0 Å². The van der Waals surface area contributed by atoms with Crippen LogP contribution in [0, 0.1) is 0 Å². The van der Waals surface area contributed by atoms with Gasteiger partial charge in [-0.3, -0.25) is 4.98 Å². The maximum absolute atomic E-state index is 11.3. The van der Waals surface area contributed by atoms with Gasteiger partial charge in [-0.2, -0.15) is 0 Å². The summed E-state index contributed by atoms with van der Waals surface area (Å²) in [6.45, 7) is 0.453. The van der Waals surface area contributed by atoms with E-state index in [1.54, 1.807) is 12.4 Å². The molecule has 0 amide bonds. The Bertz CT molecular complexity index is 715. The molecule has 2 aromatic rings. The van der Waals surface area contributed by atoms with Crippen molar-refractivity contribution in [3.8, 4) is 5.75 Å². The Morgan fingerprint density at radius 1 is 1.14 bits per heavy atom. The lowest BCUT2D eigenvalue weighted by atomic mass is 10.2. The van der Waals surface area contributed by atoms with Crippen LogP contribution in [0.4, 0.5) is 0 Å². The maximum Gasteiger partial charge on any atom is 0.261 e. The van der Waals surface area contributed by atoms with Gasteiger partial charge < -0.3 is 4.74 Å². The summed E-state index contributed by atoms with van der Waals surface area (Å²) in [5.74, 6) is 0.535. The topological polar surface area (TPSA) is 56.3 Å². The second-order valence-electron chi connectivity index (χ2n) is 4.11. The number of rotatable bonds is 5. The molecule has 1 aromatic carbocycles. The SMILES string of the molecule is O=S(=O)(Cl)c1cc(Br)c(OCCc2ccncc2)c(Br)c1. The Morgan fingerprint density at radius 3 is 2.24 bits per heavy atom. The Balaban J connectivity index is 2.11. The molecule has 1 aromatic heterocycles. The number of ether oxygens (including phenoxy) is 1. The van der Waals surface area contributed by atoms with E-state index in [1.807, 2.05) is 12.1 Å². The third-order valence-electron chi connectivity index (χ3n) is 2.64. The number of nitrogens with zero attached hydrogens (tertiary/aromatic N) is 1. The van der Waals surface area contributed by atoms with Gasteiger partial charge in [0.25, 0.3) is 9.05 Å². The van der Waals surface area contributed by atoms with Crippen LogP contribution in [0.5, 0.6) is 5.75 Å². The zero-order chi connectivity index (χ0) is 15.5. The van der Waals surface area contributed by atoms with Crippen LogP contribution in [0.1, 0.15) is 5.56 Å². The van der Waals surface area contributed by atoms with Crippen LogP contribution in [0.25, 0.3) is 0 Å². The second-order valence-corrected chi connectivity index (χ2v) is 8.38. The molecule has 0 aliphatic heterocycles. The highest BCUT2D eigenvalue weighted by molar-refractivity contribution is 9.11. The Kier molecular flexibility index (Phi) is 5.65. The van der Waals surface area contributed by atoms with E-state index in [0.717, 1.165) is 12.0 Å². The quantitative estimate of drug-likeness (QED) is 0.636. The summed E-state index contributed by atoms with van der Waals surface area (Å²) in [6.07, 6.45) is 4.17. The van der Waals surface area contributed by atoms with Crippen molar-refractivity contribution >= 4 is 51.6 Å². The van der Waals surface area contributed by atoms with E-state index >= 15 is 0 Å². The first-order valence-electron chi connectivity index (χ1n) is 5.83. The molecule has 0 spiro atoms. The van der Waals surface area contributed by atoms with E-state index in [1.165, 1.54) is 12.1 Å². The number of benzene rings is 1. The van der Waals surface area contributed by atoms with E-state index < -0.39 is 9.05 Å². The van der Waals surface area contributed by atoms with Crippen LogP contribution in [0.2, 0.25) is 0 Å². The average Bonchev–Trinajstić information content (AvgIpc) is 2.42. The van der Waals surface area contributed by atoms with Gasteiger partial charge in [-0.25, -0.2) is 8.42 Å². The third kappa shape index (κ3) is 4.67. The van der Waals surface area contributed by atoms with Crippen LogP contribution in [0.15, 0.2) is 50.5 Å². The van der Waals surface area contributed by atoms with Gasteiger partial charge in [0.05, 0.1) is 20.4 Å². The molecule has 2 rings (SSSR count). The molecular formula is C13H10Br2ClNO3S. The van der Waals surface area contributed by atoms with Gasteiger partial charge >= 0.3 is 0 Å². The summed E-state index contributed by atoms with van der Waals surface area (Å²) >= 11 is 6.58. The molecule has 0 saturated carbocycles. The number of halogens is 3. The highest BCUT2D eigenvalue weighted by atomic mass is 79.9. The second kappa shape index (κ2) is 7.09. The predicted molar refractivity (Wildman–Crippen MR) is 88.3 cm³/mol. The van der Waals surface area contributed by atoms with Crippen molar-refractivity contribution in [1.82, 2.24) is 4.98 Å². The molecule has 0 fully saturated rings. The molecule has 8 heteroatoms. The van der Waals surface area contributed by atoms with E-state index in [2.05, 4.69) is 36.8 Å². The van der Waals surface area contributed by atoms with Gasteiger partial charge in [0, 0.05) is 29.5 Å². The van der Waals surface area contributed by atoms with Crippen LogP contribution in [-0.2, 0) is 15.5 Å². The van der Waals surface area contributed by atoms with Crippen LogP contribution >= 0.6 is 42.5 Å². The highest BCUT2D eigenvalue weighted by Gasteiger charge is 2.16. The first-order valence-corrected chi connectivity index (χ1v) is 9.73. The monoisotopic (exact) mass is 453 g/mol. The summed E-state index contributed by atoms with van der Waals surface area (Å²) < 4.78 is 29.4. The molecule has 4 nitrogen and oxygen atoms in total. The molecule has 0 bridgehead atoms. The summed E-state index contributed by atoms with van der Waals surface area (Å²) in [6, 6.07) is 6.65. The summed E-state index contributed by atoms with van der Waals surface area (Å²) in [4.78, 5) is 3.95. The van der Waals surface area contributed by atoms with Crippen molar-refractivity contribution in [3.05, 3.63) is 51.2 Å². The fraction of sp³-hybridized carbons (Fsp3) is 0.154. The Labute approximate surface area is 144 Å². The lowest BCUT2D eigenvalue weighted by molar-refractivity contribution is 0.317. The Morgan fingerprint density at radius 2 is 1.71 bits per heavy atom. The van der Waals surface area contributed by atoms with E-state index in [9.17, 15) is 8.42 Å². The first kappa shape index (κ1) is 16.7. The van der Waals surface area contributed by atoms with Gasteiger partial charge in [0.2, 0.25) is 0 Å². The molecular weight excluding hydrogens is 445 g/mol. The third-order valence-corrected chi connectivity index (χ3v) is 5.15. The lowest BCUT2D eigenvalue weighted by Crippen LogP contribution is -2.03. The van der Waals surface area contributed by atoms with Crippen LogP contribution < -0.4 is 4.74 Å². The van der Waals surface area contributed by atoms with Crippen molar-refractivity contribution in [3.63, 3.8) is 0 Å². The number of hydrogen-bond acceptors (Lipinski definition) is 4. The van der Waals surface area contributed by atoms with Gasteiger partial charge in [0.15, 0.2) is 0 Å². The van der Waals surface area contributed by atoms with Crippen molar-refractivity contribution in [2.24, 2.45) is 0 Å². The minimum atomic E-state index is -3.78. The van der Waals surface area contributed by atoms with Crippen molar-refractivity contribution in [2.75, 3.05) is 6.61 Å². The molecule has 112 valence electrons. The highest BCUT2D eigenvalue weighted by Crippen LogP contribution is 2.36. The molecule has 0 aliphatic carbocycles. The zero-order valence-corrected chi connectivity index (χ0v) is 15.3. The molecule has 0 radical (unpaired) electrons. The summed E-state index contributed by atoms with van der Waals surface area (Å²) in [7, 11) is 1.54. The molecule has 21 heavy (non-hydrogen) atoms. The van der Waals surface area contributed by atoms with Crippen molar-refractivity contribution in [1.29, 1.82) is 0 Å². The standard InChI is InChI=1S/C13H10Br2ClNO3S/c14-11-7-10(21(16,18)19)8-12(15)13(11)20-6-3-9-1-4-17-5-2-9/h1-2,4-5,7-8H,3,6H2. The molecule has 0 unspecified atom stereocenters. The van der Waals surface area contributed by atoms with Gasteiger partial charge in [-0.1, -0.05) is 0 Å². The van der Waals surface area contributed by atoms with Crippen LogP contribution in [0.3, 0.4) is 0 Å². The zero-order valence-electron chi connectivity index (χ0n) is 10.6. The number of aromatic nitrogens is 1. The smallest absolute Gasteiger partial charge is 0.261 e. The Hall–Kier alpha value is -0.630. The minimum absolute atomic E-state index is 0.00407. The number of pyridine rings is 1. The normalized spacial score (nSPS) is 11.4. The first-order chi connectivity index (χ1) is 9.88. The maximum atomic E-state index is 11.3. The van der Waals surface area contributed by atoms with E-state index in [0.29, 0.717) is 21.3 Å². The van der Waals surface area contributed by atoms with Gasteiger partial charge in [0.1, 0.15) is 5.75 Å². The minimum Gasteiger partial charge on any atom is -0.491 e. The number of hydrogen-bond donors (Lipinski definition) is 0. The van der Waals surface area contributed by atoms with Gasteiger partial charge in [-0.15, -0.1) is 0 Å². The molecule has 1 heterocycles. The predicted octanol–water partition coefficient (Wildman–Crippen LogP) is 4.16. The largest absolute Gasteiger partial charge is 0.491 e. The summed E-state index contributed by atoms with van der Waals surface area (Å²) in [5.41, 5.74) is 1.11. The fourth-order valence-electron chi connectivity index (χ4n) is 1.64. The molecule has 0 atom stereocenters. The van der Waals surface area contributed by atoms with Gasteiger partial charge in [-0.05, 0) is 61.7 Å². The molecule has 0 N–H and O–H groups in total. The van der Waals surface area contributed by atoms with E-state index in [-0.39, 0.29) is 4.90 Å². The molecule has 0 aliphatic rings. The van der Waals surface area contributed by atoms with Crippen molar-refractivity contribution < 1.29 is 13.2 Å².